The molecular weight excluding hydrogens is 206 g/mol. The van der Waals surface area contributed by atoms with E-state index in [1.54, 1.807) is 0 Å². The van der Waals surface area contributed by atoms with Gasteiger partial charge in [0.1, 0.15) is 0 Å². The van der Waals surface area contributed by atoms with Crippen LogP contribution in [0.5, 0.6) is 0 Å². The maximum absolute atomic E-state index is 3.64. The molecule has 0 fully saturated rings. The number of hydrogen-bond acceptors (Lipinski definition) is 1. The van der Waals surface area contributed by atoms with Gasteiger partial charge in [-0.25, -0.2) is 0 Å². The number of nitrogens with one attached hydrogen (secondary N) is 1. The van der Waals surface area contributed by atoms with Crippen LogP contribution in [-0.4, -0.2) is 6.54 Å². The van der Waals surface area contributed by atoms with E-state index in [1.807, 2.05) is 0 Å². The Labute approximate surface area is 102 Å². The lowest BCUT2D eigenvalue weighted by Crippen LogP contribution is -2.22. The van der Waals surface area contributed by atoms with Crippen LogP contribution in [0.3, 0.4) is 0 Å². The van der Waals surface area contributed by atoms with Crippen molar-refractivity contribution in [2.45, 2.75) is 18.9 Å². The average Bonchev–Trinajstić information content (AvgIpc) is 2.62. The van der Waals surface area contributed by atoms with Crippen molar-refractivity contribution in [3.05, 3.63) is 71.3 Å². The minimum absolute atomic E-state index is 0.458. The molecule has 1 N–H and O–H groups in total. The third-order valence-corrected chi connectivity index (χ3v) is 3.53. The summed E-state index contributed by atoms with van der Waals surface area (Å²) in [5, 5.41) is 3.64. The maximum Gasteiger partial charge on any atom is 0.0361 e. The van der Waals surface area contributed by atoms with Crippen molar-refractivity contribution in [3.63, 3.8) is 0 Å². The Kier molecular flexibility index (Phi) is 2.93. The van der Waals surface area contributed by atoms with Gasteiger partial charge in [-0.05, 0) is 36.1 Å². The molecule has 0 bridgehead atoms. The van der Waals surface area contributed by atoms with Gasteiger partial charge < -0.3 is 5.32 Å². The zero-order valence-corrected chi connectivity index (χ0v) is 9.89. The van der Waals surface area contributed by atoms with Crippen LogP contribution in [0.15, 0.2) is 54.6 Å². The van der Waals surface area contributed by atoms with E-state index in [9.17, 15) is 0 Å². The molecule has 3 rings (SSSR count). The first kappa shape index (κ1) is 10.5. The van der Waals surface area contributed by atoms with Crippen LogP contribution in [0.25, 0.3) is 0 Å². The molecule has 0 radical (unpaired) electrons. The summed E-state index contributed by atoms with van der Waals surface area (Å²) in [6.07, 6.45) is 2.24. The zero-order chi connectivity index (χ0) is 11.5. The highest BCUT2D eigenvalue weighted by molar-refractivity contribution is 5.32. The van der Waals surface area contributed by atoms with E-state index >= 15 is 0 Å². The molecule has 1 nitrogen and oxygen atoms in total. The SMILES string of the molecule is c1ccc([C@@H]2Cc3ccccc3CCN2)cc1. The van der Waals surface area contributed by atoms with E-state index in [4.69, 9.17) is 0 Å². The summed E-state index contributed by atoms with van der Waals surface area (Å²) in [5.41, 5.74) is 4.38. The van der Waals surface area contributed by atoms with Crippen molar-refractivity contribution >= 4 is 0 Å². The molecule has 1 aliphatic rings. The highest BCUT2D eigenvalue weighted by Crippen LogP contribution is 2.23. The van der Waals surface area contributed by atoms with Crippen LogP contribution in [0.2, 0.25) is 0 Å². The van der Waals surface area contributed by atoms with Crippen molar-refractivity contribution in [1.29, 1.82) is 0 Å². The Bertz CT molecular complexity index is 490. The normalized spacial score (nSPS) is 19.4. The third-order valence-electron chi connectivity index (χ3n) is 3.53. The lowest BCUT2D eigenvalue weighted by Gasteiger charge is -2.16. The summed E-state index contributed by atoms with van der Waals surface area (Å²) in [5.74, 6) is 0. The van der Waals surface area contributed by atoms with Gasteiger partial charge in [-0.3, -0.25) is 0 Å². The van der Waals surface area contributed by atoms with Gasteiger partial charge in [-0.2, -0.15) is 0 Å². The third kappa shape index (κ3) is 2.25. The van der Waals surface area contributed by atoms with Gasteiger partial charge in [0, 0.05) is 6.04 Å². The Morgan fingerprint density at radius 1 is 0.824 bits per heavy atom. The molecule has 0 spiro atoms. The van der Waals surface area contributed by atoms with Crippen molar-refractivity contribution < 1.29 is 0 Å². The minimum Gasteiger partial charge on any atom is -0.309 e. The van der Waals surface area contributed by atoms with Gasteiger partial charge >= 0.3 is 0 Å². The molecule has 1 aliphatic heterocycles. The van der Waals surface area contributed by atoms with Crippen LogP contribution in [0.1, 0.15) is 22.7 Å². The molecular formula is C16H17N. The molecule has 1 heteroatoms. The minimum atomic E-state index is 0.458. The van der Waals surface area contributed by atoms with E-state index in [2.05, 4.69) is 59.9 Å². The predicted octanol–water partition coefficient (Wildman–Crippen LogP) is 3.12. The molecule has 2 aromatic carbocycles. The van der Waals surface area contributed by atoms with E-state index in [0.29, 0.717) is 6.04 Å². The first-order chi connectivity index (χ1) is 8.43. The van der Waals surface area contributed by atoms with E-state index < -0.39 is 0 Å². The second-order valence-electron chi connectivity index (χ2n) is 4.64. The Balaban J connectivity index is 1.91. The summed E-state index contributed by atoms with van der Waals surface area (Å²) in [7, 11) is 0. The molecule has 17 heavy (non-hydrogen) atoms. The molecule has 0 amide bonds. The smallest absolute Gasteiger partial charge is 0.0361 e. The lowest BCUT2D eigenvalue weighted by molar-refractivity contribution is 0.553. The van der Waals surface area contributed by atoms with Crippen LogP contribution in [0, 0.1) is 0 Å². The van der Waals surface area contributed by atoms with Crippen LogP contribution in [0.4, 0.5) is 0 Å². The van der Waals surface area contributed by atoms with E-state index in [-0.39, 0.29) is 0 Å². The van der Waals surface area contributed by atoms with Gasteiger partial charge in [0.25, 0.3) is 0 Å². The Hall–Kier alpha value is -1.60. The molecule has 0 unspecified atom stereocenters. The summed E-state index contributed by atoms with van der Waals surface area (Å²) < 4.78 is 0. The first-order valence-electron chi connectivity index (χ1n) is 6.28. The zero-order valence-electron chi connectivity index (χ0n) is 9.89. The first-order valence-corrected chi connectivity index (χ1v) is 6.28. The van der Waals surface area contributed by atoms with Crippen molar-refractivity contribution in [2.24, 2.45) is 0 Å². The molecule has 0 saturated heterocycles. The van der Waals surface area contributed by atoms with E-state index in [0.717, 1.165) is 19.4 Å². The van der Waals surface area contributed by atoms with Crippen LogP contribution >= 0.6 is 0 Å². The molecule has 0 aromatic heterocycles. The Morgan fingerprint density at radius 2 is 1.53 bits per heavy atom. The van der Waals surface area contributed by atoms with Crippen molar-refractivity contribution in [1.82, 2.24) is 5.32 Å². The molecule has 1 atom stereocenters. The fraction of sp³-hybridized carbons (Fsp3) is 0.250. The van der Waals surface area contributed by atoms with Crippen LogP contribution in [-0.2, 0) is 12.8 Å². The highest BCUT2D eigenvalue weighted by Gasteiger charge is 2.16. The summed E-state index contributed by atoms with van der Waals surface area (Å²) >= 11 is 0. The van der Waals surface area contributed by atoms with Crippen molar-refractivity contribution in [3.8, 4) is 0 Å². The van der Waals surface area contributed by atoms with Gasteiger partial charge in [0.2, 0.25) is 0 Å². The number of hydrogen-bond donors (Lipinski definition) is 1. The topological polar surface area (TPSA) is 12.0 Å². The summed E-state index contributed by atoms with van der Waals surface area (Å²) in [6, 6.07) is 20.0. The lowest BCUT2D eigenvalue weighted by atomic mass is 9.97. The van der Waals surface area contributed by atoms with Gasteiger partial charge in [-0.1, -0.05) is 54.6 Å². The number of fused-ring (bicyclic) bond motifs is 1. The van der Waals surface area contributed by atoms with E-state index in [1.165, 1.54) is 16.7 Å². The second kappa shape index (κ2) is 4.72. The number of rotatable bonds is 1. The van der Waals surface area contributed by atoms with Gasteiger partial charge in [0.15, 0.2) is 0 Å². The second-order valence-corrected chi connectivity index (χ2v) is 4.64. The largest absolute Gasteiger partial charge is 0.309 e. The quantitative estimate of drug-likeness (QED) is 0.783. The highest BCUT2D eigenvalue weighted by atomic mass is 14.9. The summed E-state index contributed by atoms with van der Waals surface area (Å²) in [4.78, 5) is 0. The predicted molar refractivity (Wildman–Crippen MR) is 71.0 cm³/mol. The Morgan fingerprint density at radius 3 is 2.35 bits per heavy atom. The summed E-state index contributed by atoms with van der Waals surface area (Å²) in [6.45, 7) is 1.07. The van der Waals surface area contributed by atoms with Gasteiger partial charge in [-0.15, -0.1) is 0 Å². The van der Waals surface area contributed by atoms with Crippen molar-refractivity contribution in [2.75, 3.05) is 6.54 Å². The van der Waals surface area contributed by atoms with Crippen LogP contribution < -0.4 is 5.32 Å². The standard InChI is InChI=1S/C16H17N/c1-2-7-14(8-3-1)16-12-15-9-5-4-6-13(15)10-11-17-16/h1-9,16-17H,10-12H2/t16-/m0/s1. The average molecular weight is 223 g/mol. The monoisotopic (exact) mass is 223 g/mol. The molecule has 2 aromatic rings. The molecule has 86 valence electrons. The molecule has 0 aliphatic carbocycles. The maximum atomic E-state index is 3.64. The fourth-order valence-electron chi connectivity index (χ4n) is 2.59. The fourth-order valence-corrected chi connectivity index (χ4v) is 2.59. The number of benzene rings is 2. The molecule has 0 saturated carbocycles. The molecule has 1 heterocycles. The van der Waals surface area contributed by atoms with Gasteiger partial charge in [0.05, 0.1) is 0 Å².